The van der Waals surface area contributed by atoms with Crippen LogP contribution in [0.5, 0.6) is 17.2 Å². The van der Waals surface area contributed by atoms with Gasteiger partial charge in [-0.05, 0) is 30.7 Å². The number of para-hydroxylation sites is 1. The van der Waals surface area contributed by atoms with E-state index < -0.39 is 0 Å². The molecule has 0 amide bonds. The average Bonchev–Trinajstić information content (AvgIpc) is 2.51. The Hall–Kier alpha value is -2.16. The number of rotatable bonds is 8. The van der Waals surface area contributed by atoms with Gasteiger partial charge in [-0.2, -0.15) is 0 Å². The van der Waals surface area contributed by atoms with Crippen molar-refractivity contribution in [3.63, 3.8) is 0 Å². The standard InChI is InChI=1S/C17H20O3/c1-2-11-18-16-9-6-10-17(14-16)20-13-12-19-15-7-4-3-5-8-15/h3-10,14H,2,11-13H2,1H3. The van der Waals surface area contributed by atoms with Crippen molar-refractivity contribution in [2.24, 2.45) is 0 Å². The minimum Gasteiger partial charge on any atom is -0.493 e. The van der Waals surface area contributed by atoms with E-state index in [-0.39, 0.29) is 0 Å². The summed E-state index contributed by atoms with van der Waals surface area (Å²) in [4.78, 5) is 0. The molecule has 0 heterocycles. The van der Waals surface area contributed by atoms with E-state index >= 15 is 0 Å². The highest BCUT2D eigenvalue weighted by Gasteiger charge is 1.98. The summed E-state index contributed by atoms with van der Waals surface area (Å²) >= 11 is 0. The van der Waals surface area contributed by atoms with Gasteiger partial charge in [0.2, 0.25) is 0 Å². The third-order valence-corrected chi connectivity index (χ3v) is 2.64. The van der Waals surface area contributed by atoms with Crippen molar-refractivity contribution in [2.45, 2.75) is 13.3 Å². The molecule has 0 spiro atoms. The van der Waals surface area contributed by atoms with Crippen LogP contribution in [-0.4, -0.2) is 19.8 Å². The first-order valence-corrected chi connectivity index (χ1v) is 6.92. The molecule has 3 heteroatoms. The van der Waals surface area contributed by atoms with Gasteiger partial charge in [0.05, 0.1) is 6.61 Å². The van der Waals surface area contributed by atoms with E-state index in [4.69, 9.17) is 14.2 Å². The third kappa shape index (κ3) is 4.84. The van der Waals surface area contributed by atoms with E-state index in [9.17, 15) is 0 Å². The fraction of sp³-hybridized carbons (Fsp3) is 0.294. The van der Waals surface area contributed by atoms with E-state index in [1.807, 2.05) is 54.6 Å². The molecule has 0 fully saturated rings. The number of benzene rings is 2. The molecule has 2 aromatic carbocycles. The van der Waals surface area contributed by atoms with Crippen LogP contribution in [-0.2, 0) is 0 Å². The van der Waals surface area contributed by atoms with Gasteiger partial charge in [0.15, 0.2) is 0 Å². The Morgan fingerprint density at radius 2 is 1.20 bits per heavy atom. The van der Waals surface area contributed by atoms with Crippen LogP contribution in [0.15, 0.2) is 54.6 Å². The number of hydrogen-bond donors (Lipinski definition) is 0. The van der Waals surface area contributed by atoms with Gasteiger partial charge in [-0.1, -0.05) is 31.2 Å². The fourth-order valence-electron chi connectivity index (χ4n) is 1.71. The van der Waals surface area contributed by atoms with Crippen LogP contribution in [0.1, 0.15) is 13.3 Å². The van der Waals surface area contributed by atoms with Crippen LogP contribution >= 0.6 is 0 Å². The SMILES string of the molecule is CCCOc1cccc(OCCOc2ccccc2)c1. The summed E-state index contributed by atoms with van der Waals surface area (Å²) in [5.74, 6) is 2.50. The van der Waals surface area contributed by atoms with Crippen LogP contribution in [0.3, 0.4) is 0 Å². The van der Waals surface area contributed by atoms with Crippen LogP contribution < -0.4 is 14.2 Å². The molecule has 0 aromatic heterocycles. The van der Waals surface area contributed by atoms with Crippen LogP contribution in [0.2, 0.25) is 0 Å². The third-order valence-electron chi connectivity index (χ3n) is 2.64. The zero-order chi connectivity index (χ0) is 14.0. The second kappa shape index (κ2) is 8.10. The maximum Gasteiger partial charge on any atom is 0.123 e. The lowest BCUT2D eigenvalue weighted by Gasteiger charge is -2.10. The monoisotopic (exact) mass is 272 g/mol. The summed E-state index contributed by atoms with van der Waals surface area (Å²) in [6.45, 7) is 3.83. The Morgan fingerprint density at radius 1 is 0.650 bits per heavy atom. The summed E-state index contributed by atoms with van der Waals surface area (Å²) in [6.07, 6.45) is 0.996. The fourth-order valence-corrected chi connectivity index (χ4v) is 1.71. The van der Waals surface area contributed by atoms with Gasteiger partial charge in [0.25, 0.3) is 0 Å². The van der Waals surface area contributed by atoms with Gasteiger partial charge in [-0.25, -0.2) is 0 Å². The second-order valence-electron chi connectivity index (χ2n) is 4.33. The van der Waals surface area contributed by atoms with Gasteiger partial charge in [-0.3, -0.25) is 0 Å². The van der Waals surface area contributed by atoms with Crippen molar-refractivity contribution in [3.8, 4) is 17.2 Å². The zero-order valence-electron chi connectivity index (χ0n) is 11.7. The number of ether oxygens (including phenoxy) is 3. The summed E-state index contributed by atoms with van der Waals surface area (Å²) in [7, 11) is 0. The molecular weight excluding hydrogens is 252 g/mol. The van der Waals surface area contributed by atoms with Crippen LogP contribution in [0.4, 0.5) is 0 Å². The number of hydrogen-bond acceptors (Lipinski definition) is 3. The van der Waals surface area contributed by atoms with E-state index in [1.54, 1.807) is 0 Å². The first kappa shape index (κ1) is 14.3. The maximum atomic E-state index is 5.64. The van der Waals surface area contributed by atoms with Gasteiger partial charge >= 0.3 is 0 Å². The van der Waals surface area contributed by atoms with Gasteiger partial charge in [-0.15, -0.1) is 0 Å². The largest absolute Gasteiger partial charge is 0.493 e. The Labute approximate surface area is 120 Å². The molecule has 0 aliphatic carbocycles. The molecule has 0 bridgehead atoms. The highest BCUT2D eigenvalue weighted by molar-refractivity contribution is 5.32. The topological polar surface area (TPSA) is 27.7 Å². The van der Waals surface area contributed by atoms with Crippen molar-refractivity contribution in [1.82, 2.24) is 0 Å². The van der Waals surface area contributed by atoms with Gasteiger partial charge < -0.3 is 14.2 Å². The lowest BCUT2D eigenvalue weighted by molar-refractivity contribution is 0.216. The molecule has 0 saturated carbocycles. The highest BCUT2D eigenvalue weighted by atomic mass is 16.5. The van der Waals surface area contributed by atoms with Gasteiger partial charge in [0, 0.05) is 6.07 Å². The average molecular weight is 272 g/mol. The molecule has 20 heavy (non-hydrogen) atoms. The molecule has 2 rings (SSSR count). The first-order valence-electron chi connectivity index (χ1n) is 6.92. The first-order chi connectivity index (χ1) is 9.88. The van der Waals surface area contributed by atoms with Crippen molar-refractivity contribution in [3.05, 3.63) is 54.6 Å². The minimum absolute atomic E-state index is 0.506. The van der Waals surface area contributed by atoms with Gasteiger partial charge in [0.1, 0.15) is 30.5 Å². The molecular formula is C17H20O3. The molecule has 2 aromatic rings. The van der Waals surface area contributed by atoms with Crippen molar-refractivity contribution >= 4 is 0 Å². The molecule has 0 unspecified atom stereocenters. The maximum absolute atomic E-state index is 5.64. The zero-order valence-corrected chi connectivity index (χ0v) is 11.7. The van der Waals surface area contributed by atoms with Crippen LogP contribution in [0.25, 0.3) is 0 Å². The Kier molecular flexibility index (Phi) is 5.77. The Balaban J connectivity index is 1.73. The molecule has 0 N–H and O–H groups in total. The summed E-state index contributed by atoms with van der Waals surface area (Å²) in [5.41, 5.74) is 0. The predicted octanol–water partition coefficient (Wildman–Crippen LogP) is 3.93. The normalized spacial score (nSPS) is 10.1. The second-order valence-corrected chi connectivity index (χ2v) is 4.33. The quantitative estimate of drug-likeness (QED) is 0.681. The van der Waals surface area contributed by atoms with E-state index in [1.165, 1.54) is 0 Å². The van der Waals surface area contributed by atoms with E-state index in [2.05, 4.69) is 6.92 Å². The van der Waals surface area contributed by atoms with E-state index in [0.717, 1.165) is 30.3 Å². The molecule has 0 atom stereocenters. The molecule has 0 saturated heterocycles. The predicted molar refractivity (Wildman–Crippen MR) is 79.7 cm³/mol. The lowest BCUT2D eigenvalue weighted by Crippen LogP contribution is -2.09. The summed E-state index contributed by atoms with van der Waals surface area (Å²) < 4.78 is 16.8. The Bertz CT molecular complexity index is 497. The molecule has 0 aliphatic rings. The molecule has 3 nitrogen and oxygen atoms in total. The summed E-state index contributed by atoms with van der Waals surface area (Å²) in [6, 6.07) is 17.4. The highest BCUT2D eigenvalue weighted by Crippen LogP contribution is 2.19. The Morgan fingerprint density at radius 3 is 1.85 bits per heavy atom. The molecule has 0 radical (unpaired) electrons. The van der Waals surface area contributed by atoms with Crippen molar-refractivity contribution in [2.75, 3.05) is 19.8 Å². The van der Waals surface area contributed by atoms with Crippen molar-refractivity contribution in [1.29, 1.82) is 0 Å². The summed E-state index contributed by atoms with van der Waals surface area (Å²) in [5, 5.41) is 0. The molecule has 106 valence electrons. The molecule has 0 aliphatic heterocycles. The van der Waals surface area contributed by atoms with Crippen molar-refractivity contribution < 1.29 is 14.2 Å². The minimum atomic E-state index is 0.506. The van der Waals surface area contributed by atoms with Crippen LogP contribution in [0, 0.1) is 0 Å². The van der Waals surface area contributed by atoms with E-state index in [0.29, 0.717) is 13.2 Å². The smallest absolute Gasteiger partial charge is 0.123 e. The lowest BCUT2D eigenvalue weighted by atomic mass is 10.3.